The molecule has 0 unspecified atom stereocenters. The summed E-state index contributed by atoms with van der Waals surface area (Å²) in [5, 5.41) is 0. The van der Waals surface area contributed by atoms with E-state index in [-0.39, 0.29) is 0 Å². The second-order valence-corrected chi connectivity index (χ2v) is 6.04. The van der Waals surface area contributed by atoms with Crippen LogP contribution in [-0.2, 0) is 19.4 Å². The molecule has 112 valence electrons. The zero-order chi connectivity index (χ0) is 14.9. The maximum atomic E-state index is 5.22. The quantitative estimate of drug-likeness (QED) is 0.730. The number of benzene rings is 2. The summed E-state index contributed by atoms with van der Waals surface area (Å²) in [6.45, 7) is 0.847. The summed E-state index contributed by atoms with van der Waals surface area (Å²) in [6.07, 6.45) is 6.99. The standard InChI is InChI=1S/C19H20N2O/c1-22-17-8-6-14(7-9-17)12-21-13-20-18-10-15-4-2-3-5-16(15)11-19(18)21/h6-11,13H,2-5,12H2,1H3. The van der Waals surface area contributed by atoms with E-state index in [2.05, 4.69) is 33.8 Å². The smallest absolute Gasteiger partial charge is 0.118 e. The van der Waals surface area contributed by atoms with Crippen molar-refractivity contribution in [2.75, 3.05) is 7.11 Å². The molecule has 0 spiro atoms. The fourth-order valence-electron chi connectivity index (χ4n) is 3.34. The summed E-state index contributed by atoms with van der Waals surface area (Å²) in [5.74, 6) is 0.897. The highest BCUT2D eigenvalue weighted by atomic mass is 16.5. The van der Waals surface area contributed by atoms with Crippen molar-refractivity contribution in [3.8, 4) is 5.75 Å². The average molecular weight is 292 g/mol. The number of aromatic nitrogens is 2. The number of aryl methyl sites for hydroxylation is 2. The Hall–Kier alpha value is -2.29. The zero-order valence-corrected chi connectivity index (χ0v) is 12.9. The van der Waals surface area contributed by atoms with E-state index in [4.69, 9.17) is 4.74 Å². The van der Waals surface area contributed by atoms with Crippen LogP contribution >= 0.6 is 0 Å². The van der Waals surface area contributed by atoms with Crippen LogP contribution in [0, 0.1) is 0 Å². The topological polar surface area (TPSA) is 27.1 Å². The Balaban J connectivity index is 1.69. The van der Waals surface area contributed by atoms with Crippen LogP contribution in [0.3, 0.4) is 0 Å². The molecule has 1 aromatic heterocycles. The van der Waals surface area contributed by atoms with E-state index in [1.54, 1.807) is 7.11 Å². The number of methoxy groups -OCH3 is 1. The minimum Gasteiger partial charge on any atom is -0.497 e. The summed E-state index contributed by atoms with van der Waals surface area (Å²) >= 11 is 0. The van der Waals surface area contributed by atoms with Crippen molar-refractivity contribution in [2.24, 2.45) is 0 Å². The number of hydrogen-bond acceptors (Lipinski definition) is 2. The predicted molar refractivity (Wildman–Crippen MR) is 88.5 cm³/mol. The Kier molecular flexibility index (Phi) is 3.34. The van der Waals surface area contributed by atoms with Crippen molar-refractivity contribution < 1.29 is 4.74 Å². The Morgan fingerprint density at radius 1 is 1.05 bits per heavy atom. The summed E-state index contributed by atoms with van der Waals surface area (Å²) in [7, 11) is 1.70. The Labute approximate surface area is 130 Å². The van der Waals surface area contributed by atoms with Gasteiger partial charge < -0.3 is 9.30 Å². The molecule has 4 rings (SSSR count). The number of hydrogen-bond donors (Lipinski definition) is 0. The van der Waals surface area contributed by atoms with Crippen molar-refractivity contribution in [1.29, 1.82) is 0 Å². The van der Waals surface area contributed by atoms with Gasteiger partial charge in [-0.1, -0.05) is 12.1 Å². The normalized spacial score (nSPS) is 14.0. The van der Waals surface area contributed by atoms with E-state index in [1.165, 1.54) is 47.9 Å². The summed E-state index contributed by atoms with van der Waals surface area (Å²) in [4.78, 5) is 4.59. The first-order valence-corrected chi connectivity index (χ1v) is 7.93. The summed E-state index contributed by atoms with van der Waals surface area (Å²) < 4.78 is 7.46. The molecule has 0 amide bonds. The van der Waals surface area contributed by atoms with Crippen molar-refractivity contribution in [3.05, 3.63) is 59.4 Å². The lowest BCUT2D eigenvalue weighted by molar-refractivity contribution is 0.414. The van der Waals surface area contributed by atoms with Crippen LogP contribution in [0.2, 0.25) is 0 Å². The van der Waals surface area contributed by atoms with Crippen LogP contribution in [0.25, 0.3) is 11.0 Å². The zero-order valence-electron chi connectivity index (χ0n) is 12.9. The van der Waals surface area contributed by atoms with E-state index in [1.807, 2.05) is 18.5 Å². The second-order valence-electron chi connectivity index (χ2n) is 6.04. The molecule has 1 aliphatic rings. The molecule has 3 nitrogen and oxygen atoms in total. The van der Waals surface area contributed by atoms with Crippen LogP contribution in [0.5, 0.6) is 5.75 Å². The fraction of sp³-hybridized carbons (Fsp3) is 0.316. The molecule has 0 saturated heterocycles. The van der Waals surface area contributed by atoms with E-state index in [9.17, 15) is 0 Å². The van der Waals surface area contributed by atoms with E-state index in [0.29, 0.717) is 0 Å². The molecule has 0 aliphatic heterocycles. The molecule has 22 heavy (non-hydrogen) atoms. The first-order chi connectivity index (χ1) is 10.8. The maximum absolute atomic E-state index is 5.22. The molecule has 0 saturated carbocycles. The highest BCUT2D eigenvalue weighted by molar-refractivity contribution is 5.77. The molecular formula is C19H20N2O. The largest absolute Gasteiger partial charge is 0.497 e. The van der Waals surface area contributed by atoms with Gasteiger partial charge in [0.1, 0.15) is 5.75 Å². The molecule has 1 aliphatic carbocycles. The van der Waals surface area contributed by atoms with Gasteiger partial charge in [-0.3, -0.25) is 0 Å². The SMILES string of the molecule is COc1ccc(Cn2cnc3cc4c(cc32)CCCC4)cc1. The summed E-state index contributed by atoms with van der Waals surface area (Å²) in [6, 6.07) is 12.9. The van der Waals surface area contributed by atoms with Crippen molar-refractivity contribution in [1.82, 2.24) is 9.55 Å². The highest BCUT2D eigenvalue weighted by Gasteiger charge is 2.13. The van der Waals surface area contributed by atoms with Gasteiger partial charge in [0, 0.05) is 6.54 Å². The van der Waals surface area contributed by atoms with Crippen LogP contribution < -0.4 is 4.74 Å². The molecular weight excluding hydrogens is 272 g/mol. The third-order valence-corrected chi connectivity index (χ3v) is 4.60. The number of nitrogens with zero attached hydrogens (tertiary/aromatic N) is 2. The van der Waals surface area contributed by atoms with Crippen molar-refractivity contribution in [3.63, 3.8) is 0 Å². The van der Waals surface area contributed by atoms with Gasteiger partial charge in [0.25, 0.3) is 0 Å². The van der Waals surface area contributed by atoms with Crippen molar-refractivity contribution >= 4 is 11.0 Å². The monoisotopic (exact) mass is 292 g/mol. The average Bonchev–Trinajstić information content (AvgIpc) is 2.95. The highest BCUT2D eigenvalue weighted by Crippen LogP contribution is 2.26. The molecule has 3 heteroatoms. The lowest BCUT2D eigenvalue weighted by Crippen LogP contribution is -2.03. The van der Waals surface area contributed by atoms with Crippen LogP contribution in [0.15, 0.2) is 42.7 Å². The van der Waals surface area contributed by atoms with Gasteiger partial charge in [-0.2, -0.15) is 0 Å². The number of imidazole rings is 1. The molecule has 0 fully saturated rings. The Morgan fingerprint density at radius 2 is 1.77 bits per heavy atom. The Morgan fingerprint density at radius 3 is 2.50 bits per heavy atom. The van der Waals surface area contributed by atoms with Crippen molar-refractivity contribution in [2.45, 2.75) is 32.2 Å². The van der Waals surface area contributed by atoms with E-state index >= 15 is 0 Å². The molecule has 2 aromatic carbocycles. The van der Waals surface area contributed by atoms with Crippen LogP contribution in [-0.4, -0.2) is 16.7 Å². The van der Waals surface area contributed by atoms with Gasteiger partial charge >= 0.3 is 0 Å². The molecule has 3 aromatic rings. The van der Waals surface area contributed by atoms with E-state index < -0.39 is 0 Å². The minimum atomic E-state index is 0.847. The number of fused-ring (bicyclic) bond motifs is 2. The van der Waals surface area contributed by atoms with Gasteiger partial charge in [-0.15, -0.1) is 0 Å². The van der Waals surface area contributed by atoms with Crippen LogP contribution in [0.1, 0.15) is 29.5 Å². The fourth-order valence-corrected chi connectivity index (χ4v) is 3.34. The molecule has 0 bridgehead atoms. The van der Waals surface area contributed by atoms with Gasteiger partial charge in [-0.05, 0) is 66.6 Å². The first kappa shape index (κ1) is 13.4. The minimum absolute atomic E-state index is 0.847. The van der Waals surface area contributed by atoms with Gasteiger partial charge in [0.15, 0.2) is 0 Å². The lowest BCUT2D eigenvalue weighted by atomic mass is 9.91. The maximum Gasteiger partial charge on any atom is 0.118 e. The van der Waals surface area contributed by atoms with Gasteiger partial charge in [0.05, 0.1) is 24.5 Å². The second kappa shape index (κ2) is 5.48. The first-order valence-electron chi connectivity index (χ1n) is 7.93. The third kappa shape index (κ3) is 2.37. The number of rotatable bonds is 3. The Bertz CT molecular complexity index is 802. The van der Waals surface area contributed by atoms with Gasteiger partial charge in [-0.25, -0.2) is 4.98 Å². The molecule has 0 radical (unpaired) electrons. The predicted octanol–water partition coefficient (Wildman–Crippen LogP) is 3.97. The lowest BCUT2D eigenvalue weighted by Gasteiger charge is -2.16. The molecule has 0 N–H and O–H groups in total. The summed E-state index contributed by atoms with van der Waals surface area (Å²) in [5.41, 5.74) is 6.63. The third-order valence-electron chi connectivity index (χ3n) is 4.60. The van der Waals surface area contributed by atoms with Gasteiger partial charge in [0.2, 0.25) is 0 Å². The van der Waals surface area contributed by atoms with Crippen LogP contribution in [0.4, 0.5) is 0 Å². The number of ether oxygens (including phenoxy) is 1. The molecule has 0 atom stereocenters. The molecule has 1 heterocycles. The van der Waals surface area contributed by atoms with E-state index in [0.717, 1.165) is 17.8 Å².